The molecule has 0 fully saturated rings. The lowest BCUT2D eigenvalue weighted by molar-refractivity contribution is 1.32. The fourth-order valence-corrected chi connectivity index (χ4v) is 1.98. The lowest BCUT2D eigenvalue weighted by Crippen LogP contribution is -1.95. The Hall–Kier alpha value is -0.610. The summed E-state index contributed by atoms with van der Waals surface area (Å²) in [6, 6.07) is 6.78. The normalized spacial score (nSPS) is 14.6. The van der Waals surface area contributed by atoms with Crippen molar-refractivity contribution in [3.63, 3.8) is 0 Å². The Morgan fingerprint density at radius 1 is 1.36 bits per heavy atom. The van der Waals surface area contributed by atoms with Crippen molar-refractivity contribution in [2.75, 3.05) is 6.66 Å². The van der Waals surface area contributed by atoms with Crippen LogP contribution in [0.4, 0.5) is 0 Å². The zero-order chi connectivity index (χ0) is 7.68. The molecule has 0 nitrogen and oxygen atoms in total. The van der Waals surface area contributed by atoms with Crippen molar-refractivity contribution in [3.8, 4) is 0 Å². The van der Waals surface area contributed by atoms with E-state index in [2.05, 4.69) is 37.0 Å². The van der Waals surface area contributed by atoms with Crippen LogP contribution in [0.1, 0.15) is 11.1 Å². The molecule has 1 heteroatoms. The van der Waals surface area contributed by atoms with Crippen molar-refractivity contribution >= 4 is 20.0 Å². The first-order valence-corrected chi connectivity index (χ1v) is 5.37. The van der Waals surface area contributed by atoms with Gasteiger partial charge >= 0.3 is 0 Å². The highest BCUT2D eigenvalue weighted by molar-refractivity contribution is 7.46. The zero-order valence-electron chi connectivity index (χ0n) is 6.59. The summed E-state index contributed by atoms with van der Waals surface area (Å²) in [4.78, 5) is 0. The number of fused-ring (bicyclic) bond motifs is 1. The number of hydrogen-bond acceptors (Lipinski definition) is 0. The molecule has 0 N–H and O–H groups in total. The highest BCUT2D eigenvalue weighted by Crippen LogP contribution is 2.19. The molecular weight excluding hydrogens is 151 g/mol. The zero-order valence-corrected chi connectivity index (χ0v) is 7.59. The number of rotatable bonds is 1. The first-order chi connectivity index (χ1) is 5.40. The number of hydrogen-bond donors (Lipinski definition) is 0. The van der Waals surface area contributed by atoms with Gasteiger partial charge < -0.3 is 0 Å². The quantitative estimate of drug-likeness (QED) is 0.555. The number of benzene rings is 1. The van der Waals surface area contributed by atoms with Gasteiger partial charge in [-0.3, -0.25) is 0 Å². The molecule has 0 saturated carbocycles. The van der Waals surface area contributed by atoms with Crippen molar-refractivity contribution in [2.45, 2.75) is 6.42 Å². The van der Waals surface area contributed by atoms with E-state index in [9.17, 15) is 0 Å². The van der Waals surface area contributed by atoms with Gasteiger partial charge in [0.1, 0.15) is 0 Å². The molecule has 0 radical (unpaired) electrons. The summed E-state index contributed by atoms with van der Waals surface area (Å²) >= 11 is 0. The molecule has 0 amide bonds. The molecule has 1 unspecified atom stereocenters. The van der Waals surface area contributed by atoms with Crippen LogP contribution in [0, 0.1) is 0 Å². The lowest BCUT2D eigenvalue weighted by atomic mass is 10.1. The predicted molar refractivity (Wildman–Crippen MR) is 53.1 cm³/mol. The van der Waals surface area contributed by atoms with Crippen LogP contribution >= 0.6 is 8.58 Å². The summed E-state index contributed by atoms with van der Waals surface area (Å²) in [6.07, 6.45) is 5.57. The first-order valence-electron chi connectivity index (χ1n) is 3.87. The minimum atomic E-state index is 0.926. The van der Waals surface area contributed by atoms with E-state index in [0.717, 1.165) is 15.0 Å². The smallest absolute Gasteiger partial charge is 0.00879 e. The summed E-state index contributed by atoms with van der Waals surface area (Å²) in [5.41, 5.74) is 2.91. The fraction of sp³-hybridized carbons (Fsp3) is 0.200. The second-order valence-electron chi connectivity index (χ2n) is 2.77. The highest BCUT2D eigenvalue weighted by atomic mass is 31.1. The lowest BCUT2D eigenvalue weighted by Gasteiger charge is -2.00. The average molecular weight is 162 g/mol. The van der Waals surface area contributed by atoms with E-state index < -0.39 is 0 Å². The van der Waals surface area contributed by atoms with Crippen LogP contribution in [-0.2, 0) is 6.42 Å². The first kappa shape index (κ1) is 7.06. The van der Waals surface area contributed by atoms with Crippen LogP contribution in [0.5, 0.6) is 0 Å². The summed E-state index contributed by atoms with van der Waals surface area (Å²) in [5.74, 6) is 0. The molecule has 1 aromatic carbocycles. The molecule has 0 aliphatic heterocycles. The molecule has 1 aliphatic rings. The van der Waals surface area contributed by atoms with E-state index in [1.165, 1.54) is 16.4 Å². The largest absolute Gasteiger partial charge is 0.0936 e. The molecule has 1 aliphatic carbocycles. The minimum Gasteiger partial charge on any atom is -0.0936 e. The maximum atomic E-state index is 2.33. The van der Waals surface area contributed by atoms with Crippen molar-refractivity contribution < 1.29 is 0 Å². The SMILES string of the molecule is CPc1ccc2c(c1)CC=C2. The third kappa shape index (κ3) is 1.23. The molecule has 1 aromatic rings. The summed E-state index contributed by atoms with van der Waals surface area (Å²) < 4.78 is 0. The Kier molecular flexibility index (Phi) is 1.79. The van der Waals surface area contributed by atoms with Crippen LogP contribution in [0.15, 0.2) is 24.3 Å². The Labute approximate surface area is 69.1 Å². The number of allylic oxidation sites excluding steroid dienone is 1. The van der Waals surface area contributed by atoms with Gasteiger partial charge in [0.15, 0.2) is 0 Å². The Morgan fingerprint density at radius 3 is 3.09 bits per heavy atom. The van der Waals surface area contributed by atoms with Gasteiger partial charge in [0.25, 0.3) is 0 Å². The molecule has 0 bridgehead atoms. The van der Waals surface area contributed by atoms with Gasteiger partial charge in [-0.15, -0.1) is 0 Å². The van der Waals surface area contributed by atoms with Crippen molar-refractivity contribution in [3.05, 3.63) is 35.4 Å². The molecular formula is C10H11P. The molecule has 56 valence electrons. The van der Waals surface area contributed by atoms with Crippen LogP contribution in [0.3, 0.4) is 0 Å². The summed E-state index contributed by atoms with van der Waals surface area (Å²) in [7, 11) is 0.926. The van der Waals surface area contributed by atoms with Gasteiger partial charge in [-0.05, 0) is 29.5 Å². The minimum absolute atomic E-state index is 0.926. The molecule has 0 aromatic heterocycles. The van der Waals surface area contributed by atoms with E-state index in [4.69, 9.17) is 0 Å². The summed E-state index contributed by atoms with van der Waals surface area (Å²) in [6.45, 7) is 2.23. The Balaban J connectivity index is 2.45. The van der Waals surface area contributed by atoms with Gasteiger partial charge in [0, 0.05) is 0 Å². The van der Waals surface area contributed by atoms with Crippen LogP contribution in [-0.4, -0.2) is 6.66 Å². The van der Waals surface area contributed by atoms with Crippen molar-refractivity contribution in [1.29, 1.82) is 0 Å². The van der Waals surface area contributed by atoms with Gasteiger partial charge in [0.2, 0.25) is 0 Å². The van der Waals surface area contributed by atoms with E-state index in [0.29, 0.717) is 0 Å². The molecule has 0 saturated heterocycles. The van der Waals surface area contributed by atoms with Crippen molar-refractivity contribution in [1.82, 2.24) is 0 Å². The third-order valence-corrected chi connectivity index (χ3v) is 2.96. The second kappa shape index (κ2) is 2.79. The maximum absolute atomic E-state index is 2.33. The predicted octanol–water partition coefficient (Wildman–Crippen LogP) is 2.19. The molecule has 2 rings (SSSR count). The fourth-order valence-electron chi connectivity index (χ4n) is 1.41. The van der Waals surface area contributed by atoms with E-state index in [1.807, 2.05) is 0 Å². The average Bonchev–Trinajstić information content (AvgIpc) is 2.50. The van der Waals surface area contributed by atoms with Gasteiger partial charge in [0.05, 0.1) is 0 Å². The topological polar surface area (TPSA) is 0 Å². The second-order valence-corrected chi connectivity index (χ2v) is 3.85. The highest BCUT2D eigenvalue weighted by Gasteiger charge is 2.03. The molecule has 0 spiro atoms. The van der Waals surface area contributed by atoms with Gasteiger partial charge in [-0.2, -0.15) is 0 Å². The molecule has 0 heterocycles. The van der Waals surface area contributed by atoms with Crippen LogP contribution in [0.2, 0.25) is 0 Å². The van der Waals surface area contributed by atoms with Crippen LogP contribution < -0.4 is 5.30 Å². The van der Waals surface area contributed by atoms with E-state index >= 15 is 0 Å². The maximum Gasteiger partial charge on any atom is -0.00879 e. The van der Waals surface area contributed by atoms with Gasteiger partial charge in [-0.25, -0.2) is 0 Å². The van der Waals surface area contributed by atoms with Gasteiger partial charge in [-0.1, -0.05) is 38.9 Å². The standard InChI is InChI=1S/C10H11P/c1-11-10-6-5-8-3-2-4-9(8)7-10/h2-3,5-7,11H,4H2,1H3. The Morgan fingerprint density at radius 2 is 2.27 bits per heavy atom. The molecule has 11 heavy (non-hydrogen) atoms. The monoisotopic (exact) mass is 162 g/mol. The summed E-state index contributed by atoms with van der Waals surface area (Å²) in [5, 5.41) is 1.48. The van der Waals surface area contributed by atoms with Crippen molar-refractivity contribution in [2.24, 2.45) is 0 Å². The molecule has 1 atom stereocenters. The Bertz CT molecular complexity index is 300. The third-order valence-electron chi connectivity index (χ3n) is 2.07. The van der Waals surface area contributed by atoms with Crippen LogP contribution in [0.25, 0.3) is 6.08 Å². The van der Waals surface area contributed by atoms with E-state index in [-0.39, 0.29) is 0 Å². The van der Waals surface area contributed by atoms with E-state index in [1.54, 1.807) is 0 Å².